The molecule has 1 fully saturated rings. The Balaban J connectivity index is 1.52. The maximum absolute atomic E-state index is 12.6. The predicted molar refractivity (Wildman–Crippen MR) is 103 cm³/mol. The molecule has 1 aliphatic rings. The van der Waals surface area contributed by atoms with Crippen LogP contribution in [0.3, 0.4) is 0 Å². The van der Waals surface area contributed by atoms with Crippen molar-refractivity contribution in [3.63, 3.8) is 0 Å². The van der Waals surface area contributed by atoms with Gasteiger partial charge in [0, 0.05) is 17.7 Å². The number of alkyl halides is 3. The van der Waals surface area contributed by atoms with Crippen molar-refractivity contribution in [3.05, 3.63) is 71.3 Å². The molecule has 1 aliphatic heterocycles. The first-order chi connectivity index (χ1) is 14.6. The van der Waals surface area contributed by atoms with Crippen LogP contribution in [0.2, 0.25) is 0 Å². The molecule has 0 radical (unpaired) electrons. The van der Waals surface area contributed by atoms with Crippen molar-refractivity contribution in [3.8, 4) is 0 Å². The van der Waals surface area contributed by atoms with E-state index in [1.807, 2.05) is 0 Å². The number of rotatable bonds is 6. The summed E-state index contributed by atoms with van der Waals surface area (Å²) in [6.45, 7) is -0.731. The summed E-state index contributed by atoms with van der Waals surface area (Å²) in [5, 5.41) is 26.0. The number of benzene rings is 2. The van der Waals surface area contributed by atoms with Crippen LogP contribution in [0.5, 0.6) is 0 Å². The van der Waals surface area contributed by atoms with Gasteiger partial charge in [0.1, 0.15) is 17.8 Å². The van der Waals surface area contributed by atoms with Gasteiger partial charge < -0.3 is 25.6 Å². The summed E-state index contributed by atoms with van der Waals surface area (Å²) >= 11 is 0. The van der Waals surface area contributed by atoms with Crippen LogP contribution in [0.15, 0.2) is 54.6 Å². The van der Waals surface area contributed by atoms with Crippen LogP contribution in [0.1, 0.15) is 26.3 Å². The molecule has 0 bridgehead atoms. The summed E-state index contributed by atoms with van der Waals surface area (Å²) in [5.74, 6) is -1.09. The lowest BCUT2D eigenvalue weighted by Gasteiger charge is -2.26. The average Bonchev–Trinajstić information content (AvgIpc) is 3.04. The van der Waals surface area contributed by atoms with Gasteiger partial charge >= 0.3 is 6.18 Å². The lowest BCUT2D eigenvalue weighted by atomic mass is 9.96. The zero-order chi connectivity index (χ0) is 22.6. The van der Waals surface area contributed by atoms with Crippen molar-refractivity contribution >= 4 is 11.8 Å². The van der Waals surface area contributed by atoms with Crippen molar-refractivity contribution in [1.29, 1.82) is 0 Å². The molecule has 1 saturated heterocycles. The molecule has 10 heteroatoms. The molecule has 31 heavy (non-hydrogen) atoms. The summed E-state index contributed by atoms with van der Waals surface area (Å²) in [6, 6.07) is 12.0. The van der Waals surface area contributed by atoms with Crippen LogP contribution in [-0.4, -0.2) is 59.5 Å². The van der Waals surface area contributed by atoms with Crippen LogP contribution in [0.4, 0.5) is 13.2 Å². The van der Waals surface area contributed by atoms with Crippen molar-refractivity contribution in [1.82, 2.24) is 10.6 Å². The second kappa shape index (κ2) is 9.04. The summed E-state index contributed by atoms with van der Waals surface area (Å²) in [4.78, 5) is 24.3. The van der Waals surface area contributed by atoms with Gasteiger partial charge in [-0.15, -0.1) is 0 Å². The van der Waals surface area contributed by atoms with Crippen LogP contribution in [0.25, 0.3) is 0 Å². The number of aliphatic hydroxyl groups excluding tert-OH is 1. The predicted octanol–water partition coefficient (Wildman–Crippen LogP) is 1.36. The lowest BCUT2D eigenvalue weighted by molar-refractivity contribution is -0.137. The van der Waals surface area contributed by atoms with Gasteiger partial charge in [0.2, 0.25) is 0 Å². The molecule has 166 valence electrons. The Bertz CT molecular complexity index is 921. The largest absolute Gasteiger partial charge is 0.416 e. The number of ether oxygens (including phenoxy) is 1. The van der Waals surface area contributed by atoms with Gasteiger partial charge in [0.05, 0.1) is 18.7 Å². The highest BCUT2D eigenvalue weighted by atomic mass is 19.4. The fraction of sp³-hybridized carbons (Fsp3) is 0.333. The van der Waals surface area contributed by atoms with Crippen LogP contribution in [-0.2, 0) is 10.9 Å². The molecule has 1 heterocycles. The summed E-state index contributed by atoms with van der Waals surface area (Å²) in [7, 11) is 0. The molecule has 0 aliphatic carbocycles. The normalized spacial score (nSPS) is 23.4. The molecule has 3 rings (SSSR count). The van der Waals surface area contributed by atoms with Gasteiger partial charge in [-0.25, -0.2) is 0 Å². The fourth-order valence-corrected chi connectivity index (χ4v) is 3.13. The van der Waals surface area contributed by atoms with E-state index in [9.17, 15) is 33.0 Å². The smallest absolute Gasteiger partial charge is 0.387 e. The molecule has 4 N–H and O–H groups in total. The quantitative estimate of drug-likeness (QED) is 0.545. The van der Waals surface area contributed by atoms with Gasteiger partial charge in [-0.05, 0) is 36.4 Å². The summed E-state index contributed by atoms with van der Waals surface area (Å²) in [6.07, 6.45) is -6.87. The molecule has 0 unspecified atom stereocenters. The fourth-order valence-electron chi connectivity index (χ4n) is 3.13. The van der Waals surface area contributed by atoms with E-state index < -0.39 is 41.4 Å². The molecule has 2 amide bonds. The Hall–Kier alpha value is -2.95. The number of hydrogen-bond donors (Lipinski definition) is 4. The maximum atomic E-state index is 12.6. The highest BCUT2D eigenvalue weighted by Crippen LogP contribution is 2.29. The summed E-state index contributed by atoms with van der Waals surface area (Å²) < 4.78 is 43.2. The molecular weight excluding hydrogens is 417 g/mol. The number of carbonyl (C=O) groups excluding carboxylic acids is 2. The van der Waals surface area contributed by atoms with E-state index in [2.05, 4.69) is 10.6 Å². The Morgan fingerprint density at radius 3 is 2.19 bits per heavy atom. The Labute approximate surface area is 175 Å². The molecule has 0 spiro atoms. The second-order valence-electron chi connectivity index (χ2n) is 7.23. The molecule has 7 nitrogen and oxygen atoms in total. The van der Waals surface area contributed by atoms with Gasteiger partial charge in [0.15, 0.2) is 0 Å². The first-order valence-electron chi connectivity index (χ1n) is 9.41. The minimum atomic E-state index is -4.50. The second-order valence-corrected chi connectivity index (χ2v) is 7.23. The van der Waals surface area contributed by atoms with E-state index in [1.165, 1.54) is 0 Å². The maximum Gasteiger partial charge on any atom is 0.416 e. The van der Waals surface area contributed by atoms with Crippen molar-refractivity contribution in [2.24, 2.45) is 0 Å². The zero-order valence-electron chi connectivity index (χ0n) is 16.2. The number of nitrogens with one attached hydrogen (secondary N) is 2. The highest BCUT2D eigenvalue weighted by molar-refractivity contribution is 5.94. The van der Waals surface area contributed by atoms with Crippen molar-refractivity contribution < 1.29 is 37.7 Å². The molecule has 2 aromatic rings. The molecule has 0 aromatic heterocycles. The van der Waals surface area contributed by atoms with Crippen LogP contribution >= 0.6 is 0 Å². The minimum Gasteiger partial charge on any atom is -0.387 e. The number of carbonyl (C=O) groups is 2. The van der Waals surface area contributed by atoms with Gasteiger partial charge in [-0.2, -0.15) is 13.2 Å². The van der Waals surface area contributed by atoms with E-state index in [0.717, 1.165) is 24.3 Å². The highest BCUT2D eigenvalue weighted by Gasteiger charge is 2.48. The molecule has 0 saturated carbocycles. The molecular formula is C21H21F3N2O5. The van der Waals surface area contributed by atoms with E-state index in [1.54, 1.807) is 30.3 Å². The third kappa shape index (κ3) is 5.40. The third-order valence-corrected chi connectivity index (χ3v) is 4.98. The monoisotopic (exact) mass is 438 g/mol. The van der Waals surface area contributed by atoms with E-state index in [-0.39, 0.29) is 25.3 Å². The standard InChI is InChI=1S/C21H21F3N2O5/c22-21(23,24)15-8-6-14(7-9-15)18(28)25-10-16-17(27)20(30,12-31-16)11-26-19(29)13-4-2-1-3-5-13/h1-9,16-17,27,30H,10-12H2,(H,25,28)(H,26,29)/t16-,17-,20+/m1/s1. The van der Waals surface area contributed by atoms with Crippen LogP contribution < -0.4 is 10.6 Å². The van der Waals surface area contributed by atoms with Gasteiger partial charge in [-0.3, -0.25) is 9.59 Å². The number of halogens is 3. The summed E-state index contributed by atoms with van der Waals surface area (Å²) in [5.41, 5.74) is -2.24. The molecule has 2 aromatic carbocycles. The van der Waals surface area contributed by atoms with E-state index in [4.69, 9.17) is 4.74 Å². The van der Waals surface area contributed by atoms with Crippen LogP contribution in [0, 0.1) is 0 Å². The topological polar surface area (TPSA) is 108 Å². The molecule has 3 atom stereocenters. The Morgan fingerprint density at radius 2 is 1.58 bits per heavy atom. The Morgan fingerprint density at radius 1 is 1.00 bits per heavy atom. The minimum absolute atomic E-state index is 0.00544. The van der Waals surface area contributed by atoms with Crippen molar-refractivity contribution in [2.45, 2.75) is 24.0 Å². The van der Waals surface area contributed by atoms with Gasteiger partial charge in [-0.1, -0.05) is 18.2 Å². The lowest BCUT2D eigenvalue weighted by Crippen LogP contribution is -2.53. The first kappa shape index (κ1) is 22.7. The van der Waals surface area contributed by atoms with Gasteiger partial charge in [0.25, 0.3) is 11.8 Å². The number of aliphatic hydroxyl groups is 2. The first-order valence-corrected chi connectivity index (χ1v) is 9.41. The van der Waals surface area contributed by atoms with Crippen molar-refractivity contribution in [2.75, 3.05) is 19.7 Å². The Kier molecular flexibility index (Phi) is 6.63. The number of amides is 2. The van der Waals surface area contributed by atoms with E-state index >= 15 is 0 Å². The number of hydrogen-bond acceptors (Lipinski definition) is 5. The zero-order valence-corrected chi connectivity index (χ0v) is 16.2. The SMILES string of the molecule is O=C(NC[C@H]1OC[C@@](O)(CNC(=O)c2ccccc2)[C@@H]1O)c1ccc(C(F)(F)F)cc1. The third-order valence-electron chi connectivity index (χ3n) is 4.98. The average molecular weight is 438 g/mol. The van der Waals surface area contributed by atoms with E-state index in [0.29, 0.717) is 5.56 Å².